The third-order valence-electron chi connectivity index (χ3n) is 2.04. The van der Waals surface area contributed by atoms with E-state index in [9.17, 15) is 13.6 Å². The van der Waals surface area contributed by atoms with Gasteiger partial charge in [0, 0.05) is 5.56 Å². The van der Waals surface area contributed by atoms with Crippen molar-refractivity contribution in [2.75, 3.05) is 0 Å². The van der Waals surface area contributed by atoms with Crippen molar-refractivity contribution in [3.63, 3.8) is 0 Å². The van der Waals surface area contributed by atoms with E-state index in [2.05, 4.69) is 0 Å². The largest absolute Gasteiger partial charge is 0.455 e. The molecule has 17 heavy (non-hydrogen) atoms. The van der Waals surface area contributed by atoms with Gasteiger partial charge in [0.1, 0.15) is 5.60 Å². The Labute approximate surface area is 99.6 Å². The van der Waals surface area contributed by atoms with E-state index in [1.807, 2.05) is 0 Å². The zero-order valence-corrected chi connectivity index (χ0v) is 10.4. The second-order valence-corrected chi connectivity index (χ2v) is 4.95. The highest BCUT2D eigenvalue weighted by Gasteiger charge is 2.44. The van der Waals surface area contributed by atoms with Gasteiger partial charge in [-0.15, -0.1) is 0 Å². The Balaban J connectivity index is 2.99. The van der Waals surface area contributed by atoms with E-state index >= 15 is 0 Å². The van der Waals surface area contributed by atoms with Crippen LogP contribution in [0.2, 0.25) is 0 Å². The molecule has 0 N–H and O–H groups in total. The number of hydrogen-bond acceptors (Lipinski definition) is 2. The number of ether oxygens (including phenoxy) is 1. The van der Waals surface area contributed by atoms with Gasteiger partial charge >= 0.3 is 11.9 Å². The minimum atomic E-state index is -3.61. The predicted molar refractivity (Wildman–Crippen MR) is 60.9 cm³/mol. The fraction of sp³-hybridized carbons (Fsp3) is 0.462. The monoisotopic (exact) mass is 242 g/mol. The van der Waals surface area contributed by atoms with Crippen LogP contribution in [0.1, 0.15) is 31.9 Å². The maximum absolute atomic E-state index is 13.8. The van der Waals surface area contributed by atoms with Crippen molar-refractivity contribution >= 4 is 5.97 Å². The Hall–Kier alpha value is -1.45. The Bertz CT molecular complexity index is 420. The van der Waals surface area contributed by atoms with E-state index < -0.39 is 17.5 Å². The van der Waals surface area contributed by atoms with Crippen molar-refractivity contribution in [1.29, 1.82) is 0 Å². The summed E-state index contributed by atoms with van der Waals surface area (Å²) in [6, 6.07) is 5.68. The minimum Gasteiger partial charge on any atom is -0.455 e. The highest BCUT2D eigenvalue weighted by molar-refractivity contribution is 5.79. The predicted octanol–water partition coefficient (Wildman–Crippen LogP) is 3.43. The molecule has 0 aliphatic rings. The van der Waals surface area contributed by atoms with Crippen molar-refractivity contribution in [2.45, 2.75) is 39.2 Å². The summed E-state index contributed by atoms with van der Waals surface area (Å²) in [6.07, 6.45) is 0. The SMILES string of the molecule is Cc1cccc(C(F)(F)C(=O)OC(C)(C)C)c1. The van der Waals surface area contributed by atoms with Crippen LogP contribution in [0.3, 0.4) is 0 Å². The van der Waals surface area contributed by atoms with Crippen LogP contribution in [0.4, 0.5) is 8.78 Å². The van der Waals surface area contributed by atoms with Gasteiger partial charge < -0.3 is 4.74 Å². The van der Waals surface area contributed by atoms with Gasteiger partial charge in [0.2, 0.25) is 0 Å². The number of aryl methyl sites for hydroxylation is 1. The molecule has 0 aliphatic carbocycles. The molecule has 0 saturated heterocycles. The zero-order valence-electron chi connectivity index (χ0n) is 10.4. The van der Waals surface area contributed by atoms with Crippen LogP contribution in [0.25, 0.3) is 0 Å². The third-order valence-corrected chi connectivity index (χ3v) is 2.04. The number of rotatable bonds is 2. The molecule has 1 aromatic carbocycles. The lowest BCUT2D eigenvalue weighted by Gasteiger charge is -2.23. The van der Waals surface area contributed by atoms with E-state index in [-0.39, 0.29) is 5.56 Å². The number of alkyl halides is 2. The Morgan fingerprint density at radius 3 is 2.29 bits per heavy atom. The molecule has 0 radical (unpaired) electrons. The third kappa shape index (κ3) is 3.51. The summed E-state index contributed by atoms with van der Waals surface area (Å²) in [4.78, 5) is 11.4. The van der Waals surface area contributed by atoms with Crippen LogP contribution in [0.5, 0.6) is 0 Å². The van der Waals surface area contributed by atoms with Gasteiger partial charge in [-0.1, -0.05) is 23.8 Å². The first-order valence-corrected chi connectivity index (χ1v) is 5.31. The molecule has 0 bridgehead atoms. The molecular weight excluding hydrogens is 226 g/mol. The van der Waals surface area contributed by atoms with Crippen molar-refractivity contribution < 1.29 is 18.3 Å². The van der Waals surface area contributed by atoms with Crippen LogP contribution >= 0.6 is 0 Å². The smallest absolute Gasteiger partial charge is 0.382 e. The fourth-order valence-corrected chi connectivity index (χ4v) is 1.30. The Morgan fingerprint density at radius 2 is 1.82 bits per heavy atom. The van der Waals surface area contributed by atoms with Crippen molar-refractivity contribution in [2.24, 2.45) is 0 Å². The molecule has 0 fully saturated rings. The molecule has 1 rings (SSSR count). The standard InChI is InChI=1S/C13H16F2O2/c1-9-6-5-7-10(8-9)13(14,15)11(16)17-12(2,3)4/h5-8H,1-4H3. The number of hydrogen-bond donors (Lipinski definition) is 0. The van der Waals surface area contributed by atoms with E-state index in [0.717, 1.165) is 0 Å². The maximum Gasteiger partial charge on any atom is 0.382 e. The molecule has 0 unspecified atom stereocenters. The van der Waals surface area contributed by atoms with Gasteiger partial charge in [-0.2, -0.15) is 8.78 Å². The van der Waals surface area contributed by atoms with E-state index in [0.29, 0.717) is 5.56 Å². The molecule has 0 saturated carbocycles. The summed E-state index contributed by atoms with van der Waals surface area (Å²) in [5, 5.41) is 0. The van der Waals surface area contributed by atoms with Crippen LogP contribution in [-0.2, 0) is 15.5 Å². The van der Waals surface area contributed by atoms with Crippen molar-refractivity contribution in [3.8, 4) is 0 Å². The number of halogens is 2. The normalized spacial score (nSPS) is 12.4. The summed E-state index contributed by atoms with van der Waals surface area (Å²) >= 11 is 0. The van der Waals surface area contributed by atoms with Crippen LogP contribution in [0.15, 0.2) is 24.3 Å². The molecule has 4 heteroatoms. The van der Waals surface area contributed by atoms with Crippen LogP contribution < -0.4 is 0 Å². The van der Waals surface area contributed by atoms with Gasteiger partial charge in [0.25, 0.3) is 0 Å². The van der Waals surface area contributed by atoms with Gasteiger partial charge in [-0.05, 0) is 33.8 Å². The Kier molecular flexibility index (Phi) is 3.55. The van der Waals surface area contributed by atoms with Gasteiger partial charge in [0.15, 0.2) is 0 Å². The van der Waals surface area contributed by atoms with Crippen molar-refractivity contribution in [1.82, 2.24) is 0 Å². The number of esters is 1. The highest BCUT2D eigenvalue weighted by Crippen LogP contribution is 2.31. The molecule has 0 amide bonds. The second-order valence-electron chi connectivity index (χ2n) is 4.95. The number of carbonyl (C=O) groups is 1. The topological polar surface area (TPSA) is 26.3 Å². The summed E-state index contributed by atoms with van der Waals surface area (Å²) in [7, 11) is 0. The summed E-state index contributed by atoms with van der Waals surface area (Å²) in [5.41, 5.74) is -0.595. The van der Waals surface area contributed by atoms with Crippen LogP contribution in [0, 0.1) is 6.92 Å². The van der Waals surface area contributed by atoms with E-state index in [4.69, 9.17) is 4.74 Å². The lowest BCUT2D eigenvalue weighted by Crippen LogP contribution is -2.34. The molecule has 0 aromatic heterocycles. The Morgan fingerprint density at radius 1 is 1.24 bits per heavy atom. The first kappa shape index (κ1) is 13.6. The first-order chi connectivity index (χ1) is 7.63. The molecule has 0 heterocycles. The minimum absolute atomic E-state index is 0.341. The summed E-state index contributed by atoms with van der Waals surface area (Å²) in [5.74, 6) is -5.13. The van der Waals surface area contributed by atoms with Gasteiger partial charge in [-0.3, -0.25) is 0 Å². The first-order valence-electron chi connectivity index (χ1n) is 5.31. The maximum atomic E-state index is 13.8. The molecule has 0 atom stereocenters. The molecule has 2 nitrogen and oxygen atoms in total. The molecule has 94 valence electrons. The van der Waals surface area contributed by atoms with Gasteiger partial charge in [-0.25, -0.2) is 4.79 Å². The van der Waals surface area contributed by atoms with Crippen LogP contribution in [-0.4, -0.2) is 11.6 Å². The zero-order chi connectivity index (χ0) is 13.3. The average Bonchev–Trinajstić information content (AvgIpc) is 2.15. The van der Waals surface area contributed by atoms with Crippen molar-refractivity contribution in [3.05, 3.63) is 35.4 Å². The summed E-state index contributed by atoms with van der Waals surface area (Å²) in [6.45, 7) is 6.35. The molecule has 0 aliphatic heterocycles. The number of carbonyl (C=O) groups excluding carboxylic acids is 1. The van der Waals surface area contributed by atoms with Gasteiger partial charge in [0.05, 0.1) is 0 Å². The summed E-state index contributed by atoms with van der Waals surface area (Å²) < 4.78 is 32.3. The molecular formula is C13H16F2O2. The van der Waals surface area contributed by atoms with E-state index in [1.54, 1.807) is 33.8 Å². The molecule has 0 spiro atoms. The highest BCUT2D eigenvalue weighted by atomic mass is 19.3. The average molecular weight is 242 g/mol. The molecule has 1 aromatic rings. The fourth-order valence-electron chi connectivity index (χ4n) is 1.30. The second kappa shape index (κ2) is 4.43. The van der Waals surface area contributed by atoms with E-state index in [1.165, 1.54) is 18.2 Å². The lowest BCUT2D eigenvalue weighted by molar-refractivity contribution is -0.185. The lowest BCUT2D eigenvalue weighted by atomic mass is 10.1. The number of benzene rings is 1. The quantitative estimate of drug-likeness (QED) is 0.743.